The molecule has 0 saturated carbocycles. The average molecular weight is 394 g/mol. The molecule has 0 atom stereocenters. The number of aliphatic imine (C=N–C) groups is 1. The van der Waals surface area contributed by atoms with Crippen LogP contribution in [0.4, 0.5) is 0 Å². The van der Waals surface area contributed by atoms with Gasteiger partial charge in [0.05, 0.1) is 12.8 Å². The van der Waals surface area contributed by atoms with Gasteiger partial charge in [-0.15, -0.1) is 0 Å². The number of hydrogen-bond donors (Lipinski definition) is 3. The van der Waals surface area contributed by atoms with E-state index in [1.807, 2.05) is 43.3 Å². The summed E-state index contributed by atoms with van der Waals surface area (Å²) in [6.07, 6.45) is 4.01. The fourth-order valence-corrected chi connectivity index (χ4v) is 2.65. The third-order valence-corrected chi connectivity index (χ3v) is 4.01. The second-order valence-corrected chi connectivity index (χ2v) is 6.16. The SMILES string of the molecule is C=CCOc1ccccc1CN=C(NCC)NCCc1nc(-c2ccco2)n[nH]1. The Labute approximate surface area is 170 Å². The third-order valence-electron chi connectivity index (χ3n) is 4.01. The Morgan fingerprint density at radius 2 is 2.17 bits per heavy atom. The molecule has 0 aliphatic carbocycles. The molecule has 2 aromatic heterocycles. The maximum atomic E-state index is 5.70. The molecule has 8 nitrogen and oxygen atoms in total. The smallest absolute Gasteiger partial charge is 0.216 e. The van der Waals surface area contributed by atoms with Crippen LogP contribution in [0.1, 0.15) is 18.3 Å². The van der Waals surface area contributed by atoms with Gasteiger partial charge in [-0.1, -0.05) is 30.9 Å². The molecular formula is C21H26N6O2. The topological polar surface area (TPSA) is 100 Å². The lowest BCUT2D eigenvalue weighted by Crippen LogP contribution is -2.38. The number of hydrogen-bond acceptors (Lipinski definition) is 5. The van der Waals surface area contributed by atoms with Gasteiger partial charge >= 0.3 is 0 Å². The van der Waals surface area contributed by atoms with Crippen molar-refractivity contribution in [2.75, 3.05) is 19.7 Å². The zero-order valence-corrected chi connectivity index (χ0v) is 16.5. The molecule has 8 heteroatoms. The summed E-state index contributed by atoms with van der Waals surface area (Å²) in [5.74, 6) is 3.54. The lowest BCUT2D eigenvalue weighted by atomic mass is 10.2. The molecule has 1 aromatic carbocycles. The summed E-state index contributed by atoms with van der Waals surface area (Å²) in [4.78, 5) is 9.10. The Kier molecular flexibility index (Phi) is 7.45. The number of furan rings is 1. The first-order valence-electron chi connectivity index (χ1n) is 9.59. The molecule has 0 aliphatic rings. The largest absolute Gasteiger partial charge is 0.489 e. The number of rotatable bonds is 10. The van der Waals surface area contributed by atoms with Crippen LogP contribution in [-0.2, 0) is 13.0 Å². The summed E-state index contributed by atoms with van der Waals surface area (Å²) in [5.41, 5.74) is 1.02. The van der Waals surface area contributed by atoms with E-state index in [9.17, 15) is 0 Å². The number of aromatic nitrogens is 3. The quantitative estimate of drug-likeness (QED) is 0.278. The van der Waals surface area contributed by atoms with Crippen molar-refractivity contribution in [3.8, 4) is 17.3 Å². The molecule has 0 saturated heterocycles. The van der Waals surface area contributed by atoms with Crippen molar-refractivity contribution in [2.45, 2.75) is 19.9 Å². The van der Waals surface area contributed by atoms with E-state index in [0.717, 1.165) is 29.6 Å². The van der Waals surface area contributed by atoms with Gasteiger partial charge in [0.2, 0.25) is 5.82 Å². The minimum atomic E-state index is 0.468. The van der Waals surface area contributed by atoms with Gasteiger partial charge in [-0.2, -0.15) is 5.10 Å². The zero-order valence-electron chi connectivity index (χ0n) is 16.5. The van der Waals surface area contributed by atoms with Crippen LogP contribution in [0.3, 0.4) is 0 Å². The highest BCUT2D eigenvalue weighted by Gasteiger charge is 2.08. The summed E-state index contributed by atoms with van der Waals surface area (Å²) >= 11 is 0. The van der Waals surface area contributed by atoms with Crippen molar-refractivity contribution < 1.29 is 9.15 Å². The molecule has 0 fully saturated rings. The van der Waals surface area contributed by atoms with Gasteiger partial charge in [0, 0.05) is 25.1 Å². The summed E-state index contributed by atoms with van der Waals surface area (Å²) in [6, 6.07) is 11.5. The Morgan fingerprint density at radius 1 is 1.28 bits per heavy atom. The van der Waals surface area contributed by atoms with Gasteiger partial charge in [0.25, 0.3) is 0 Å². The van der Waals surface area contributed by atoms with Gasteiger partial charge < -0.3 is 19.8 Å². The lowest BCUT2D eigenvalue weighted by molar-refractivity contribution is 0.359. The minimum absolute atomic E-state index is 0.468. The van der Waals surface area contributed by atoms with E-state index in [2.05, 4.69) is 37.4 Å². The number of H-pyrrole nitrogens is 1. The Balaban J connectivity index is 1.55. The number of guanidine groups is 1. The second-order valence-electron chi connectivity index (χ2n) is 6.16. The summed E-state index contributed by atoms with van der Waals surface area (Å²) in [7, 11) is 0. The highest BCUT2D eigenvalue weighted by atomic mass is 16.5. The van der Waals surface area contributed by atoms with Gasteiger partial charge in [0.1, 0.15) is 18.2 Å². The third kappa shape index (κ3) is 5.97. The molecule has 0 aliphatic heterocycles. The summed E-state index contributed by atoms with van der Waals surface area (Å²) in [6.45, 7) is 8.13. The maximum absolute atomic E-state index is 5.70. The van der Waals surface area contributed by atoms with Crippen molar-refractivity contribution in [3.63, 3.8) is 0 Å². The highest BCUT2D eigenvalue weighted by molar-refractivity contribution is 5.79. The lowest BCUT2D eigenvalue weighted by Gasteiger charge is -2.12. The molecule has 3 rings (SSSR count). The molecule has 29 heavy (non-hydrogen) atoms. The van der Waals surface area contributed by atoms with Crippen molar-refractivity contribution in [1.82, 2.24) is 25.8 Å². The van der Waals surface area contributed by atoms with Gasteiger partial charge in [-0.05, 0) is 25.1 Å². The maximum Gasteiger partial charge on any atom is 0.216 e. The molecule has 0 unspecified atom stereocenters. The Morgan fingerprint density at radius 3 is 2.97 bits per heavy atom. The summed E-state index contributed by atoms with van der Waals surface area (Å²) in [5, 5.41) is 13.7. The molecule has 2 heterocycles. The number of para-hydroxylation sites is 1. The van der Waals surface area contributed by atoms with Crippen LogP contribution in [0, 0.1) is 0 Å². The van der Waals surface area contributed by atoms with Gasteiger partial charge in [-0.3, -0.25) is 5.10 Å². The fraction of sp³-hybridized carbons (Fsp3) is 0.286. The average Bonchev–Trinajstić information content (AvgIpc) is 3.43. The normalized spacial score (nSPS) is 11.3. The fourth-order valence-electron chi connectivity index (χ4n) is 2.65. The van der Waals surface area contributed by atoms with Crippen molar-refractivity contribution in [2.24, 2.45) is 4.99 Å². The number of benzene rings is 1. The van der Waals surface area contributed by atoms with Crippen molar-refractivity contribution in [3.05, 3.63) is 66.7 Å². The monoisotopic (exact) mass is 394 g/mol. The van der Waals surface area contributed by atoms with Crippen LogP contribution in [0.5, 0.6) is 5.75 Å². The van der Waals surface area contributed by atoms with Gasteiger partial charge in [-0.25, -0.2) is 9.98 Å². The van der Waals surface area contributed by atoms with Crippen molar-refractivity contribution in [1.29, 1.82) is 0 Å². The molecule has 0 amide bonds. The Hall–Kier alpha value is -3.55. The van der Waals surface area contributed by atoms with E-state index in [4.69, 9.17) is 9.15 Å². The predicted molar refractivity (Wildman–Crippen MR) is 113 cm³/mol. The molecule has 152 valence electrons. The van der Waals surface area contributed by atoms with E-state index >= 15 is 0 Å². The van der Waals surface area contributed by atoms with Crippen LogP contribution in [0.15, 0.2) is 64.7 Å². The molecule has 3 aromatic rings. The number of aromatic amines is 1. The molecule has 0 bridgehead atoms. The predicted octanol–water partition coefficient (Wildman–Crippen LogP) is 2.93. The number of ether oxygens (including phenoxy) is 1. The second kappa shape index (κ2) is 10.7. The summed E-state index contributed by atoms with van der Waals surface area (Å²) < 4.78 is 11.0. The molecule has 3 N–H and O–H groups in total. The standard InChI is InChI=1S/C21H26N6O2/c1-3-13-28-17-9-6-5-8-16(17)15-24-21(22-4-2)23-12-11-19-25-20(27-26-19)18-10-7-14-29-18/h3,5-10,14H,1,4,11-13,15H2,2H3,(H2,22,23,24)(H,25,26,27). The minimum Gasteiger partial charge on any atom is -0.489 e. The first-order chi connectivity index (χ1) is 14.3. The van der Waals surface area contributed by atoms with Gasteiger partial charge in [0.15, 0.2) is 11.7 Å². The van der Waals surface area contributed by atoms with E-state index < -0.39 is 0 Å². The Bertz CT molecular complexity index is 917. The molecular weight excluding hydrogens is 368 g/mol. The molecule has 0 radical (unpaired) electrons. The number of nitrogens with one attached hydrogen (secondary N) is 3. The van der Waals surface area contributed by atoms with Crippen LogP contribution in [0.2, 0.25) is 0 Å². The van der Waals surface area contributed by atoms with Crippen LogP contribution < -0.4 is 15.4 Å². The van der Waals surface area contributed by atoms with E-state index in [1.54, 1.807) is 12.3 Å². The van der Waals surface area contributed by atoms with E-state index in [-0.39, 0.29) is 0 Å². The zero-order chi connectivity index (χ0) is 20.3. The van der Waals surface area contributed by atoms with Crippen LogP contribution in [-0.4, -0.2) is 40.8 Å². The van der Waals surface area contributed by atoms with Crippen LogP contribution in [0.25, 0.3) is 11.6 Å². The highest BCUT2D eigenvalue weighted by Crippen LogP contribution is 2.19. The van der Waals surface area contributed by atoms with Crippen LogP contribution >= 0.6 is 0 Å². The van der Waals surface area contributed by atoms with Crippen molar-refractivity contribution >= 4 is 5.96 Å². The number of nitrogens with zero attached hydrogens (tertiary/aromatic N) is 3. The van der Waals surface area contributed by atoms with E-state index in [0.29, 0.717) is 37.7 Å². The first-order valence-corrected chi connectivity index (χ1v) is 9.59. The first kappa shape index (κ1) is 20.2. The molecule has 0 spiro atoms. The van der Waals surface area contributed by atoms with E-state index in [1.165, 1.54) is 0 Å².